The molecule has 0 bridgehead atoms. The Morgan fingerprint density at radius 3 is 3.00 bits per heavy atom. The molecule has 2 rings (SSSR count). The van der Waals surface area contributed by atoms with Crippen molar-refractivity contribution in [1.29, 1.82) is 0 Å². The largest absolute Gasteiger partial charge is 0.486 e. The summed E-state index contributed by atoms with van der Waals surface area (Å²) >= 11 is 0. The normalized spacial score (nSPS) is 18.3. The minimum atomic E-state index is -0.546. The highest BCUT2D eigenvalue weighted by Crippen LogP contribution is 2.36. The van der Waals surface area contributed by atoms with E-state index in [4.69, 9.17) is 14.6 Å². The van der Waals surface area contributed by atoms with E-state index in [0.717, 1.165) is 12.1 Å². The molecule has 16 heavy (non-hydrogen) atoms. The molecule has 4 nitrogen and oxygen atoms in total. The van der Waals surface area contributed by atoms with Gasteiger partial charge in [0.25, 0.3) is 0 Å². The van der Waals surface area contributed by atoms with Crippen molar-refractivity contribution in [2.24, 2.45) is 0 Å². The van der Waals surface area contributed by atoms with Gasteiger partial charge in [-0.1, -0.05) is 0 Å². The fourth-order valence-corrected chi connectivity index (χ4v) is 1.53. The van der Waals surface area contributed by atoms with Crippen LogP contribution in [0.25, 0.3) is 0 Å². The highest BCUT2D eigenvalue weighted by molar-refractivity contribution is 5.97. The molecule has 1 N–H and O–H groups in total. The van der Waals surface area contributed by atoms with E-state index in [-0.39, 0.29) is 36.1 Å². The first-order valence-electron chi connectivity index (χ1n) is 4.86. The van der Waals surface area contributed by atoms with Crippen molar-refractivity contribution in [3.8, 4) is 11.5 Å². The van der Waals surface area contributed by atoms with E-state index in [1.165, 1.54) is 6.92 Å². The van der Waals surface area contributed by atoms with E-state index in [2.05, 4.69) is 0 Å². The molecule has 0 saturated carbocycles. The van der Waals surface area contributed by atoms with Gasteiger partial charge in [-0.25, -0.2) is 4.39 Å². The quantitative estimate of drug-likeness (QED) is 0.769. The Kier molecular flexibility index (Phi) is 2.78. The van der Waals surface area contributed by atoms with E-state index in [9.17, 15) is 9.18 Å². The number of rotatable bonds is 2. The Morgan fingerprint density at radius 2 is 2.38 bits per heavy atom. The second-order valence-electron chi connectivity index (χ2n) is 3.57. The molecule has 0 aromatic heterocycles. The molecule has 0 fully saturated rings. The summed E-state index contributed by atoms with van der Waals surface area (Å²) in [6, 6.07) is 2.26. The van der Waals surface area contributed by atoms with Crippen LogP contribution in [0.15, 0.2) is 12.1 Å². The van der Waals surface area contributed by atoms with Crippen LogP contribution < -0.4 is 9.47 Å². The van der Waals surface area contributed by atoms with Crippen LogP contribution in [-0.2, 0) is 0 Å². The molecule has 86 valence electrons. The van der Waals surface area contributed by atoms with Crippen molar-refractivity contribution in [2.45, 2.75) is 13.0 Å². The maximum absolute atomic E-state index is 13.2. The number of aliphatic hydroxyl groups is 1. The third-order valence-corrected chi connectivity index (χ3v) is 2.31. The Morgan fingerprint density at radius 1 is 1.62 bits per heavy atom. The minimum Gasteiger partial charge on any atom is -0.486 e. The molecule has 1 aromatic carbocycles. The lowest BCUT2D eigenvalue weighted by Gasteiger charge is -2.26. The molecule has 0 unspecified atom stereocenters. The van der Waals surface area contributed by atoms with Crippen LogP contribution in [0.3, 0.4) is 0 Å². The fraction of sp³-hybridized carbons (Fsp3) is 0.364. The summed E-state index contributed by atoms with van der Waals surface area (Å²) < 4.78 is 23.7. The van der Waals surface area contributed by atoms with Crippen molar-refractivity contribution >= 4 is 5.78 Å². The minimum absolute atomic E-state index is 0.133. The average Bonchev–Trinajstić information content (AvgIpc) is 2.27. The average molecular weight is 226 g/mol. The van der Waals surface area contributed by atoms with Crippen LogP contribution in [0.1, 0.15) is 17.3 Å². The Labute approximate surface area is 91.6 Å². The number of aliphatic hydroxyl groups excluding tert-OH is 1. The third kappa shape index (κ3) is 1.86. The first kappa shape index (κ1) is 10.9. The van der Waals surface area contributed by atoms with E-state index < -0.39 is 11.9 Å². The van der Waals surface area contributed by atoms with Crippen LogP contribution >= 0.6 is 0 Å². The van der Waals surface area contributed by atoms with Crippen molar-refractivity contribution < 1.29 is 23.8 Å². The molecular weight excluding hydrogens is 215 g/mol. The first-order valence-corrected chi connectivity index (χ1v) is 4.86. The molecule has 1 aliphatic heterocycles. The lowest BCUT2D eigenvalue weighted by atomic mass is 10.1. The molecular formula is C11H11FO4. The van der Waals surface area contributed by atoms with Crippen LogP contribution in [0.5, 0.6) is 11.5 Å². The summed E-state index contributed by atoms with van der Waals surface area (Å²) in [4.78, 5) is 11.3. The third-order valence-electron chi connectivity index (χ3n) is 2.31. The molecule has 5 heteroatoms. The number of benzene rings is 1. The summed E-state index contributed by atoms with van der Waals surface area (Å²) in [5, 5.41) is 8.94. The summed E-state index contributed by atoms with van der Waals surface area (Å²) in [7, 11) is 0. The van der Waals surface area contributed by atoms with E-state index in [0.29, 0.717) is 0 Å². The van der Waals surface area contributed by atoms with Crippen molar-refractivity contribution in [2.75, 3.05) is 13.2 Å². The van der Waals surface area contributed by atoms with Crippen LogP contribution in [-0.4, -0.2) is 30.2 Å². The van der Waals surface area contributed by atoms with E-state index in [1.54, 1.807) is 0 Å². The van der Waals surface area contributed by atoms with Gasteiger partial charge in [-0.2, -0.15) is 0 Å². The fourth-order valence-electron chi connectivity index (χ4n) is 1.53. The maximum Gasteiger partial charge on any atom is 0.172 e. The Balaban J connectivity index is 2.47. The van der Waals surface area contributed by atoms with Gasteiger partial charge < -0.3 is 14.6 Å². The van der Waals surface area contributed by atoms with Crippen molar-refractivity contribution in [3.05, 3.63) is 23.5 Å². The SMILES string of the molecule is CC(=O)c1cc(F)cc2c1O[C@H](CO)CO2. The molecule has 0 spiro atoms. The second-order valence-corrected chi connectivity index (χ2v) is 3.57. The van der Waals surface area contributed by atoms with Gasteiger partial charge in [-0.05, 0) is 13.0 Å². The molecule has 0 aliphatic carbocycles. The predicted octanol–water partition coefficient (Wildman–Crippen LogP) is 1.16. The Bertz CT molecular complexity index is 430. The standard InChI is InChI=1S/C11H11FO4/c1-6(14)9-2-7(12)3-10-11(9)16-8(4-13)5-15-10/h2-3,8,13H,4-5H2,1H3/t8-/m1/s1. The van der Waals surface area contributed by atoms with Crippen molar-refractivity contribution in [3.63, 3.8) is 0 Å². The zero-order valence-electron chi connectivity index (χ0n) is 8.70. The summed E-state index contributed by atoms with van der Waals surface area (Å²) in [6.07, 6.45) is -0.518. The molecule has 1 aromatic rings. The van der Waals surface area contributed by atoms with Gasteiger partial charge in [-0.15, -0.1) is 0 Å². The van der Waals surface area contributed by atoms with Crippen molar-refractivity contribution in [1.82, 2.24) is 0 Å². The van der Waals surface area contributed by atoms with Gasteiger partial charge in [0.2, 0.25) is 0 Å². The predicted molar refractivity (Wildman–Crippen MR) is 53.4 cm³/mol. The molecule has 1 atom stereocenters. The summed E-state index contributed by atoms with van der Waals surface area (Å²) in [6.45, 7) is 1.25. The molecule has 0 radical (unpaired) electrons. The number of carbonyl (C=O) groups excluding carboxylic acids is 1. The second kappa shape index (κ2) is 4.09. The van der Waals surface area contributed by atoms with E-state index in [1.807, 2.05) is 0 Å². The highest BCUT2D eigenvalue weighted by Gasteiger charge is 2.25. The number of carbonyl (C=O) groups is 1. The van der Waals surface area contributed by atoms with Gasteiger partial charge in [0.05, 0.1) is 12.2 Å². The lowest BCUT2D eigenvalue weighted by molar-refractivity contribution is 0.0441. The number of fused-ring (bicyclic) bond motifs is 1. The molecule has 0 amide bonds. The van der Waals surface area contributed by atoms with Gasteiger partial charge in [0.1, 0.15) is 12.4 Å². The number of ether oxygens (including phenoxy) is 2. The zero-order valence-corrected chi connectivity index (χ0v) is 8.70. The van der Waals surface area contributed by atoms with Gasteiger partial charge in [0.15, 0.2) is 23.4 Å². The first-order chi connectivity index (χ1) is 7.61. The van der Waals surface area contributed by atoms with E-state index >= 15 is 0 Å². The highest BCUT2D eigenvalue weighted by atomic mass is 19.1. The van der Waals surface area contributed by atoms with Crippen LogP contribution in [0.4, 0.5) is 4.39 Å². The van der Waals surface area contributed by atoms with Crippen LogP contribution in [0, 0.1) is 5.82 Å². The maximum atomic E-state index is 13.2. The lowest BCUT2D eigenvalue weighted by Crippen LogP contribution is -2.33. The Hall–Kier alpha value is -1.62. The molecule has 1 heterocycles. The summed E-state index contributed by atoms with van der Waals surface area (Å²) in [5.74, 6) is -0.443. The molecule has 0 saturated heterocycles. The number of halogens is 1. The number of ketones is 1. The molecule has 1 aliphatic rings. The summed E-state index contributed by atoms with van der Waals surface area (Å²) in [5.41, 5.74) is 0.133. The topological polar surface area (TPSA) is 55.8 Å². The number of hydrogen-bond donors (Lipinski definition) is 1. The monoisotopic (exact) mass is 226 g/mol. The number of hydrogen-bond acceptors (Lipinski definition) is 4. The number of Topliss-reactive ketones (excluding diaryl/α,β-unsaturated/α-hetero) is 1. The van der Waals surface area contributed by atoms with Gasteiger partial charge in [-0.3, -0.25) is 4.79 Å². The zero-order chi connectivity index (χ0) is 11.7. The smallest absolute Gasteiger partial charge is 0.172 e. The van der Waals surface area contributed by atoms with Gasteiger partial charge in [0, 0.05) is 6.07 Å². The van der Waals surface area contributed by atoms with Gasteiger partial charge >= 0.3 is 0 Å². The van der Waals surface area contributed by atoms with Crippen LogP contribution in [0.2, 0.25) is 0 Å².